The number of halogens is 1. The molecule has 10 nitrogen and oxygen atoms in total. The summed E-state index contributed by atoms with van der Waals surface area (Å²) in [6.07, 6.45) is -1.41. The fourth-order valence-corrected chi connectivity index (χ4v) is 4.11. The summed E-state index contributed by atoms with van der Waals surface area (Å²) in [5.41, 5.74) is 1.76. The Hall–Kier alpha value is -2.50. The molecule has 1 atom stereocenters. The Morgan fingerprint density at radius 3 is 2.34 bits per heavy atom. The van der Waals surface area contributed by atoms with Crippen LogP contribution in [0, 0.1) is 0 Å². The lowest BCUT2D eigenvalue weighted by Gasteiger charge is -2.35. The number of hydrogen-bond donors (Lipinski definition) is 3. The summed E-state index contributed by atoms with van der Waals surface area (Å²) in [5.74, 6) is -0.716. The number of morpholine rings is 1. The molecule has 1 unspecified atom stereocenters. The number of rotatable bonds is 5. The van der Waals surface area contributed by atoms with Gasteiger partial charge in [-0.1, -0.05) is 17.7 Å². The number of amides is 1. The van der Waals surface area contributed by atoms with Crippen molar-refractivity contribution in [3.05, 3.63) is 46.5 Å². The number of benzene rings is 1. The third kappa shape index (κ3) is 5.11. The van der Waals surface area contributed by atoms with E-state index in [1.807, 2.05) is 17.0 Å². The van der Waals surface area contributed by atoms with Gasteiger partial charge in [0, 0.05) is 68.5 Å². The molecule has 174 valence electrons. The van der Waals surface area contributed by atoms with E-state index in [4.69, 9.17) is 21.2 Å². The molecule has 0 bridgehead atoms. The molecule has 2 aliphatic rings. The maximum absolute atomic E-state index is 12.4. The zero-order chi connectivity index (χ0) is 22.7. The first-order chi connectivity index (χ1) is 15.4. The van der Waals surface area contributed by atoms with Gasteiger partial charge in [0.25, 0.3) is 0 Å². The topological polar surface area (TPSA) is 111 Å². The minimum absolute atomic E-state index is 0.358. The lowest BCUT2D eigenvalue weighted by Crippen LogP contribution is -2.50. The third-order valence-electron chi connectivity index (χ3n) is 5.77. The van der Waals surface area contributed by atoms with Gasteiger partial charge < -0.3 is 29.8 Å². The van der Waals surface area contributed by atoms with Gasteiger partial charge in [0.2, 0.25) is 11.8 Å². The zero-order valence-electron chi connectivity index (χ0n) is 17.6. The SMILES string of the molecule is O=C(On1c(O)ccc1O)N1CCN(Cc2ccc(Cl)cc2C(O)N2CCOCC2)CC1. The number of piperazine rings is 1. The summed E-state index contributed by atoms with van der Waals surface area (Å²) in [6.45, 7) is 5.15. The van der Waals surface area contributed by atoms with Crippen LogP contribution in [0.5, 0.6) is 11.8 Å². The van der Waals surface area contributed by atoms with Crippen molar-refractivity contribution in [1.29, 1.82) is 0 Å². The van der Waals surface area contributed by atoms with Gasteiger partial charge in [-0.05, 0) is 17.7 Å². The van der Waals surface area contributed by atoms with Gasteiger partial charge in [-0.25, -0.2) is 4.79 Å². The van der Waals surface area contributed by atoms with E-state index in [-0.39, 0.29) is 11.8 Å². The van der Waals surface area contributed by atoms with E-state index >= 15 is 0 Å². The van der Waals surface area contributed by atoms with Crippen LogP contribution in [0.3, 0.4) is 0 Å². The van der Waals surface area contributed by atoms with Crippen LogP contribution in [-0.2, 0) is 11.3 Å². The maximum Gasteiger partial charge on any atom is 0.434 e. The lowest BCUT2D eigenvalue weighted by molar-refractivity contribution is -0.0609. The minimum atomic E-state index is -0.759. The normalized spacial score (nSPS) is 19.1. The number of aromatic nitrogens is 1. The molecule has 0 spiro atoms. The second kappa shape index (κ2) is 9.97. The smallest absolute Gasteiger partial charge is 0.434 e. The number of aliphatic hydroxyl groups excluding tert-OH is 1. The van der Waals surface area contributed by atoms with Gasteiger partial charge in [-0.2, -0.15) is 0 Å². The maximum atomic E-state index is 12.4. The standard InChI is InChI=1S/C21H27ClN4O6/c22-16-2-1-15(17(13-16)20(29)24-9-11-31-12-10-24)14-23-5-7-25(8-6-23)21(30)32-26-18(27)3-4-19(26)28/h1-4,13,20,27-29H,5-12,14H2. The number of hydrogen-bond acceptors (Lipinski definition) is 8. The van der Waals surface area contributed by atoms with Crippen LogP contribution < -0.4 is 4.84 Å². The molecule has 11 heteroatoms. The Balaban J connectivity index is 1.36. The van der Waals surface area contributed by atoms with Crippen LogP contribution in [0.2, 0.25) is 5.02 Å². The van der Waals surface area contributed by atoms with Gasteiger partial charge in [-0.15, -0.1) is 4.73 Å². The van der Waals surface area contributed by atoms with Crippen molar-refractivity contribution in [1.82, 2.24) is 19.4 Å². The van der Waals surface area contributed by atoms with Gasteiger partial charge in [0.05, 0.1) is 13.2 Å². The fraction of sp³-hybridized carbons (Fsp3) is 0.476. The van der Waals surface area contributed by atoms with E-state index in [9.17, 15) is 20.1 Å². The summed E-state index contributed by atoms with van der Waals surface area (Å²) in [7, 11) is 0. The predicted octanol–water partition coefficient (Wildman–Crippen LogP) is 1.24. The van der Waals surface area contributed by atoms with Crippen LogP contribution in [-0.4, -0.2) is 93.3 Å². The first kappa shape index (κ1) is 22.7. The number of carbonyl (C=O) groups excluding carboxylic acids is 1. The number of nitrogens with zero attached hydrogens (tertiary/aromatic N) is 4. The molecule has 0 radical (unpaired) electrons. The van der Waals surface area contributed by atoms with Crippen LogP contribution in [0.25, 0.3) is 0 Å². The highest BCUT2D eigenvalue weighted by atomic mass is 35.5. The van der Waals surface area contributed by atoms with Crippen molar-refractivity contribution in [2.24, 2.45) is 0 Å². The Bertz CT molecular complexity index is 921. The first-order valence-electron chi connectivity index (χ1n) is 10.5. The molecule has 0 saturated carbocycles. The van der Waals surface area contributed by atoms with Gasteiger partial charge in [0.15, 0.2) is 0 Å². The van der Waals surface area contributed by atoms with E-state index in [0.717, 1.165) is 11.1 Å². The van der Waals surface area contributed by atoms with Gasteiger partial charge in [0.1, 0.15) is 6.23 Å². The summed E-state index contributed by atoms with van der Waals surface area (Å²) in [5, 5.41) is 30.8. The molecule has 4 rings (SSSR count). The van der Waals surface area contributed by atoms with E-state index in [2.05, 4.69) is 4.90 Å². The second-order valence-corrected chi connectivity index (χ2v) is 8.27. The molecule has 2 aliphatic heterocycles. The van der Waals surface area contributed by atoms with Crippen molar-refractivity contribution in [3.63, 3.8) is 0 Å². The van der Waals surface area contributed by atoms with Crippen LogP contribution in [0.15, 0.2) is 30.3 Å². The summed E-state index contributed by atoms with van der Waals surface area (Å²) < 4.78 is 6.06. The number of aliphatic hydroxyl groups is 1. The molecule has 1 amide bonds. The van der Waals surface area contributed by atoms with E-state index in [1.165, 1.54) is 17.0 Å². The van der Waals surface area contributed by atoms with Crippen molar-refractivity contribution < 1.29 is 29.7 Å². The van der Waals surface area contributed by atoms with E-state index in [1.54, 1.807) is 6.07 Å². The third-order valence-corrected chi connectivity index (χ3v) is 6.00. The molecular weight excluding hydrogens is 440 g/mol. The number of carbonyl (C=O) groups is 1. The Morgan fingerprint density at radius 1 is 1.03 bits per heavy atom. The van der Waals surface area contributed by atoms with Crippen molar-refractivity contribution >= 4 is 17.7 Å². The summed E-state index contributed by atoms with van der Waals surface area (Å²) in [4.78, 5) is 23.1. The Morgan fingerprint density at radius 2 is 1.69 bits per heavy atom. The number of aromatic hydroxyl groups is 2. The molecule has 32 heavy (non-hydrogen) atoms. The van der Waals surface area contributed by atoms with E-state index < -0.39 is 12.3 Å². The van der Waals surface area contributed by atoms with Gasteiger partial charge in [-0.3, -0.25) is 9.80 Å². The predicted molar refractivity (Wildman–Crippen MR) is 115 cm³/mol. The van der Waals surface area contributed by atoms with Crippen LogP contribution in [0.1, 0.15) is 17.4 Å². The van der Waals surface area contributed by atoms with Gasteiger partial charge >= 0.3 is 6.09 Å². The zero-order valence-corrected chi connectivity index (χ0v) is 18.3. The van der Waals surface area contributed by atoms with Crippen molar-refractivity contribution in [3.8, 4) is 11.8 Å². The quantitative estimate of drug-likeness (QED) is 0.603. The first-order valence-corrected chi connectivity index (χ1v) is 10.9. The summed E-state index contributed by atoms with van der Waals surface area (Å²) >= 11 is 6.21. The molecule has 0 aliphatic carbocycles. The molecule has 2 saturated heterocycles. The van der Waals surface area contributed by atoms with E-state index in [0.29, 0.717) is 68.8 Å². The molecule has 2 fully saturated rings. The largest absolute Gasteiger partial charge is 0.492 e. The lowest BCUT2D eigenvalue weighted by atomic mass is 10.0. The Labute approximate surface area is 190 Å². The average molecular weight is 467 g/mol. The number of ether oxygens (including phenoxy) is 1. The minimum Gasteiger partial charge on any atom is -0.492 e. The molecule has 2 aromatic rings. The molecule has 3 heterocycles. The monoisotopic (exact) mass is 466 g/mol. The average Bonchev–Trinajstić information content (AvgIpc) is 3.13. The fourth-order valence-electron chi connectivity index (χ4n) is 3.93. The van der Waals surface area contributed by atoms with Crippen molar-refractivity contribution in [2.75, 3.05) is 52.5 Å². The van der Waals surface area contributed by atoms with Crippen LogP contribution >= 0.6 is 11.6 Å². The second-order valence-electron chi connectivity index (χ2n) is 7.83. The Kier molecular flexibility index (Phi) is 7.07. The molecule has 1 aromatic heterocycles. The highest BCUT2D eigenvalue weighted by Gasteiger charge is 2.27. The van der Waals surface area contributed by atoms with Crippen molar-refractivity contribution in [2.45, 2.75) is 12.8 Å². The highest BCUT2D eigenvalue weighted by Crippen LogP contribution is 2.27. The highest BCUT2D eigenvalue weighted by molar-refractivity contribution is 6.30. The van der Waals surface area contributed by atoms with Crippen LogP contribution in [0.4, 0.5) is 4.79 Å². The molecule has 3 N–H and O–H groups in total. The molecular formula is C21H27ClN4O6. The molecule has 1 aromatic carbocycles. The summed E-state index contributed by atoms with van der Waals surface area (Å²) in [6, 6.07) is 8.02.